The van der Waals surface area contributed by atoms with Gasteiger partial charge in [0.1, 0.15) is 5.82 Å². The van der Waals surface area contributed by atoms with Gasteiger partial charge in [0.2, 0.25) is 0 Å². The van der Waals surface area contributed by atoms with Gasteiger partial charge in [0, 0.05) is 10.5 Å². The normalized spacial score (nSPS) is 22.9. The first-order valence-corrected chi connectivity index (χ1v) is 7.39. The lowest BCUT2D eigenvalue weighted by molar-refractivity contribution is -0.182. The molecule has 1 N–H and O–H groups in total. The molecule has 1 saturated carbocycles. The van der Waals surface area contributed by atoms with E-state index in [1.807, 2.05) is 0 Å². The van der Waals surface area contributed by atoms with Crippen molar-refractivity contribution in [1.82, 2.24) is 5.32 Å². The van der Waals surface area contributed by atoms with Crippen molar-refractivity contribution >= 4 is 21.8 Å². The van der Waals surface area contributed by atoms with Gasteiger partial charge in [-0.2, -0.15) is 13.2 Å². The Kier molecular flexibility index (Phi) is 4.91. The van der Waals surface area contributed by atoms with Gasteiger partial charge >= 0.3 is 6.18 Å². The monoisotopic (exact) mass is 367 g/mol. The molecule has 0 saturated heterocycles. The van der Waals surface area contributed by atoms with Crippen LogP contribution in [0.4, 0.5) is 17.6 Å². The molecule has 116 valence electrons. The molecule has 0 aliphatic heterocycles. The van der Waals surface area contributed by atoms with E-state index in [4.69, 9.17) is 0 Å². The Balaban J connectivity index is 1.93. The number of halogens is 5. The molecule has 2 rings (SSSR count). The lowest BCUT2D eigenvalue weighted by Crippen LogP contribution is -2.40. The number of carbonyl (C=O) groups is 1. The molecule has 1 aliphatic rings. The largest absolute Gasteiger partial charge is 0.391 e. The van der Waals surface area contributed by atoms with Gasteiger partial charge in [-0.1, -0.05) is 0 Å². The Hall–Kier alpha value is -1.11. The first-order chi connectivity index (χ1) is 9.77. The number of benzene rings is 1. The zero-order valence-electron chi connectivity index (χ0n) is 11.0. The van der Waals surface area contributed by atoms with Crippen LogP contribution in [0.15, 0.2) is 22.7 Å². The summed E-state index contributed by atoms with van der Waals surface area (Å²) in [5.74, 6) is -2.15. The van der Waals surface area contributed by atoms with Crippen molar-refractivity contribution in [3.05, 3.63) is 34.1 Å². The van der Waals surface area contributed by atoms with Crippen molar-refractivity contribution in [3.63, 3.8) is 0 Å². The summed E-state index contributed by atoms with van der Waals surface area (Å²) in [5.41, 5.74) is 0.273. The SMILES string of the molecule is O=C(NC1CCC(C(F)(F)F)CC1)c1ccc(F)cc1Br. The molecule has 0 heterocycles. The van der Waals surface area contributed by atoms with E-state index in [0.717, 1.165) is 0 Å². The molecule has 0 aromatic heterocycles. The van der Waals surface area contributed by atoms with Crippen LogP contribution < -0.4 is 5.32 Å². The van der Waals surface area contributed by atoms with Gasteiger partial charge in [-0.25, -0.2) is 4.39 Å². The van der Waals surface area contributed by atoms with E-state index in [1.165, 1.54) is 18.2 Å². The Morgan fingerprint density at radius 1 is 1.19 bits per heavy atom. The van der Waals surface area contributed by atoms with Crippen molar-refractivity contribution < 1.29 is 22.4 Å². The van der Waals surface area contributed by atoms with Crippen molar-refractivity contribution in [1.29, 1.82) is 0 Å². The van der Waals surface area contributed by atoms with Gasteiger partial charge in [-0.3, -0.25) is 4.79 Å². The zero-order chi connectivity index (χ0) is 15.6. The summed E-state index contributed by atoms with van der Waals surface area (Å²) in [7, 11) is 0. The van der Waals surface area contributed by atoms with E-state index < -0.39 is 23.8 Å². The molecular weight excluding hydrogens is 354 g/mol. The fourth-order valence-electron chi connectivity index (χ4n) is 2.50. The molecule has 1 aliphatic carbocycles. The highest BCUT2D eigenvalue weighted by molar-refractivity contribution is 9.10. The van der Waals surface area contributed by atoms with Gasteiger partial charge in [-0.15, -0.1) is 0 Å². The quantitative estimate of drug-likeness (QED) is 0.769. The third-order valence-electron chi connectivity index (χ3n) is 3.70. The first kappa shape index (κ1) is 16.3. The second kappa shape index (κ2) is 6.34. The number of carbonyl (C=O) groups excluding carboxylic acids is 1. The molecule has 0 unspecified atom stereocenters. The number of rotatable bonds is 2. The highest BCUT2D eigenvalue weighted by Crippen LogP contribution is 2.37. The first-order valence-electron chi connectivity index (χ1n) is 6.60. The van der Waals surface area contributed by atoms with Crippen LogP contribution in [0.2, 0.25) is 0 Å². The van der Waals surface area contributed by atoms with Crippen molar-refractivity contribution in [2.24, 2.45) is 5.92 Å². The maximum absolute atomic E-state index is 13.0. The lowest BCUT2D eigenvalue weighted by Gasteiger charge is -2.30. The molecule has 1 aromatic rings. The highest BCUT2D eigenvalue weighted by atomic mass is 79.9. The molecule has 0 bridgehead atoms. The van der Waals surface area contributed by atoms with Crippen LogP contribution in [0.3, 0.4) is 0 Å². The predicted molar refractivity (Wildman–Crippen MR) is 73.4 cm³/mol. The second-order valence-electron chi connectivity index (χ2n) is 5.19. The van der Waals surface area contributed by atoms with Crippen LogP contribution >= 0.6 is 15.9 Å². The Morgan fingerprint density at radius 3 is 2.33 bits per heavy atom. The molecule has 2 nitrogen and oxygen atoms in total. The topological polar surface area (TPSA) is 29.1 Å². The van der Waals surface area contributed by atoms with Crippen LogP contribution in [0, 0.1) is 11.7 Å². The number of nitrogens with one attached hydrogen (secondary N) is 1. The van der Waals surface area contributed by atoms with E-state index in [0.29, 0.717) is 17.3 Å². The van der Waals surface area contributed by atoms with Crippen LogP contribution in [-0.2, 0) is 0 Å². The number of alkyl halides is 3. The Bertz CT molecular complexity index is 524. The predicted octanol–water partition coefficient (Wildman–Crippen LogP) is 4.44. The van der Waals surface area contributed by atoms with E-state index in [9.17, 15) is 22.4 Å². The minimum atomic E-state index is -4.16. The van der Waals surface area contributed by atoms with Crippen LogP contribution in [0.5, 0.6) is 0 Å². The highest BCUT2D eigenvalue weighted by Gasteiger charge is 2.41. The fraction of sp³-hybridized carbons (Fsp3) is 0.500. The second-order valence-corrected chi connectivity index (χ2v) is 6.04. The van der Waals surface area contributed by atoms with Gasteiger partial charge in [-0.05, 0) is 59.8 Å². The molecular formula is C14H14BrF4NO. The fourth-order valence-corrected chi connectivity index (χ4v) is 3.03. The summed E-state index contributed by atoms with van der Waals surface area (Å²) in [6, 6.07) is 3.42. The Labute approximate surface area is 128 Å². The van der Waals surface area contributed by atoms with Crippen LogP contribution in [0.25, 0.3) is 0 Å². The minimum absolute atomic E-state index is 0.0268. The van der Waals surface area contributed by atoms with Gasteiger partial charge in [0.05, 0.1) is 11.5 Å². The summed E-state index contributed by atoms with van der Waals surface area (Å²) >= 11 is 3.10. The van der Waals surface area contributed by atoms with E-state index in [-0.39, 0.29) is 24.4 Å². The average Bonchev–Trinajstić information content (AvgIpc) is 2.38. The molecule has 1 aromatic carbocycles. The van der Waals surface area contributed by atoms with Crippen molar-refractivity contribution in [2.45, 2.75) is 37.9 Å². The minimum Gasteiger partial charge on any atom is -0.349 e. The molecule has 7 heteroatoms. The van der Waals surface area contributed by atoms with Gasteiger partial charge in [0.15, 0.2) is 0 Å². The average molecular weight is 368 g/mol. The summed E-state index contributed by atoms with van der Waals surface area (Å²) in [6.45, 7) is 0. The third kappa shape index (κ3) is 4.18. The third-order valence-corrected chi connectivity index (χ3v) is 4.36. The number of amides is 1. The summed E-state index contributed by atoms with van der Waals surface area (Å²) < 4.78 is 51.0. The summed E-state index contributed by atoms with van der Waals surface area (Å²) in [6.07, 6.45) is -3.50. The molecule has 0 spiro atoms. The molecule has 21 heavy (non-hydrogen) atoms. The number of hydrogen-bond acceptors (Lipinski definition) is 1. The van der Waals surface area contributed by atoms with E-state index in [2.05, 4.69) is 21.2 Å². The lowest BCUT2D eigenvalue weighted by atomic mass is 9.85. The molecule has 0 atom stereocenters. The standard InChI is InChI=1S/C14H14BrF4NO/c15-12-7-9(16)3-6-11(12)13(21)20-10-4-1-8(2-5-10)14(17,18)19/h3,6-8,10H,1-2,4-5H2,(H,20,21). The maximum Gasteiger partial charge on any atom is 0.391 e. The zero-order valence-corrected chi connectivity index (χ0v) is 12.6. The maximum atomic E-state index is 13.0. The van der Waals surface area contributed by atoms with E-state index >= 15 is 0 Å². The Morgan fingerprint density at radius 2 is 1.81 bits per heavy atom. The van der Waals surface area contributed by atoms with Crippen LogP contribution in [0.1, 0.15) is 36.0 Å². The molecule has 1 amide bonds. The molecule has 0 radical (unpaired) electrons. The van der Waals surface area contributed by atoms with Gasteiger partial charge < -0.3 is 5.32 Å². The number of hydrogen-bond donors (Lipinski definition) is 1. The van der Waals surface area contributed by atoms with E-state index in [1.54, 1.807) is 0 Å². The smallest absolute Gasteiger partial charge is 0.349 e. The summed E-state index contributed by atoms with van der Waals surface area (Å²) in [5, 5.41) is 2.71. The van der Waals surface area contributed by atoms with Crippen molar-refractivity contribution in [3.8, 4) is 0 Å². The van der Waals surface area contributed by atoms with Crippen molar-refractivity contribution in [2.75, 3.05) is 0 Å². The summed E-state index contributed by atoms with van der Waals surface area (Å²) in [4.78, 5) is 12.0. The molecule has 1 fully saturated rings. The van der Waals surface area contributed by atoms with Gasteiger partial charge in [0.25, 0.3) is 5.91 Å². The van der Waals surface area contributed by atoms with Crippen LogP contribution in [-0.4, -0.2) is 18.1 Å².